The van der Waals surface area contributed by atoms with Crippen LogP contribution in [0, 0.1) is 0 Å². The fourth-order valence-electron chi connectivity index (χ4n) is 1.78. The van der Waals surface area contributed by atoms with Gasteiger partial charge in [-0.1, -0.05) is 0 Å². The third-order valence-corrected chi connectivity index (χ3v) is 3.23. The second-order valence-corrected chi connectivity index (χ2v) is 5.37. The van der Waals surface area contributed by atoms with Gasteiger partial charge in [0.1, 0.15) is 6.04 Å². The summed E-state index contributed by atoms with van der Waals surface area (Å²) in [6.45, 7) is 3.87. The SMILES string of the molecule is COCCOCCOCCOCCC(=O)NCCCCC(N)C(=O)O.Cl. The van der Waals surface area contributed by atoms with Crippen molar-refractivity contribution in [2.45, 2.75) is 31.7 Å². The van der Waals surface area contributed by atoms with Gasteiger partial charge in [0.25, 0.3) is 0 Å². The van der Waals surface area contributed by atoms with E-state index in [0.717, 1.165) is 0 Å². The van der Waals surface area contributed by atoms with Crippen molar-refractivity contribution in [3.63, 3.8) is 0 Å². The maximum absolute atomic E-state index is 11.5. The topological polar surface area (TPSA) is 129 Å². The van der Waals surface area contributed by atoms with E-state index in [1.165, 1.54) is 0 Å². The minimum absolute atomic E-state index is 0. The molecule has 10 heteroatoms. The smallest absolute Gasteiger partial charge is 0.320 e. The predicted molar refractivity (Wildman–Crippen MR) is 98.7 cm³/mol. The van der Waals surface area contributed by atoms with E-state index in [1.807, 2.05) is 0 Å². The van der Waals surface area contributed by atoms with Crippen molar-refractivity contribution in [3.8, 4) is 0 Å². The van der Waals surface area contributed by atoms with Gasteiger partial charge in [0.05, 0.1) is 46.2 Å². The number of unbranched alkanes of at least 4 members (excludes halogenated alkanes) is 1. The van der Waals surface area contributed by atoms with Crippen LogP contribution in [0.1, 0.15) is 25.7 Å². The lowest BCUT2D eigenvalue weighted by molar-refractivity contribution is -0.138. The first-order chi connectivity index (χ1) is 12.1. The Morgan fingerprint density at radius 3 is 2.04 bits per heavy atom. The van der Waals surface area contributed by atoms with Crippen LogP contribution in [0.15, 0.2) is 0 Å². The number of carboxylic acids is 1. The normalized spacial score (nSPS) is 11.6. The van der Waals surface area contributed by atoms with Crippen molar-refractivity contribution in [1.29, 1.82) is 0 Å². The van der Waals surface area contributed by atoms with Crippen molar-refractivity contribution in [2.24, 2.45) is 5.73 Å². The molecule has 9 nitrogen and oxygen atoms in total. The molecule has 0 heterocycles. The molecular weight excluding hydrogens is 368 g/mol. The lowest BCUT2D eigenvalue weighted by Crippen LogP contribution is -2.30. The van der Waals surface area contributed by atoms with Crippen LogP contribution >= 0.6 is 12.4 Å². The predicted octanol–water partition coefficient (Wildman–Crippen LogP) is 0.193. The minimum atomic E-state index is -0.996. The van der Waals surface area contributed by atoms with E-state index in [2.05, 4.69) is 5.32 Å². The number of rotatable bonds is 18. The Hall–Kier alpha value is -0.970. The molecule has 0 aliphatic carbocycles. The Morgan fingerprint density at radius 1 is 0.962 bits per heavy atom. The molecule has 0 aromatic heterocycles. The highest BCUT2D eigenvalue weighted by molar-refractivity contribution is 5.85. The third-order valence-electron chi connectivity index (χ3n) is 3.23. The zero-order valence-corrected chi connectivity index (χ0v) is 16.3. The van der Waals surface area contributed by atoms with Crippen LogP contribution < -0.4 is 11.1 Å². The van der Waals surface area contributed by atoms with E-state index in [0.29, 0.717) is 72.1 Å². The summed E-state index contributed by atoms with van der Waals surface area (Å²) in [6, 6.07) is -0.830. The van der Waals surface area contributed by atoms with Gasteiger partial charge >= 0.3 is 5.97 Å². The summed E-state index contributed by atoms with van der Waals surface area (Å²) in [4.78, 5) is 22.1. The third kappa shape index (κ3) is 19.4. The molecule has 1 unspecified atom stereocenters. The number of carbonyl (C=O) groups is 2. The molecule has 26 heavy (non-hydrogen) atoms. The van der Waals surface area contributed by atoms with Crippen molar-refractivity contribution >= 4 is 24.3 Å². The Labute approximate surface area is 161 Å². The number of ether oxygens (including phenoxy) is 4. The van der Waals surface area contributed by atoms with E-state index >= 15 is 0 Å². The molecule has 0 aromatic rings. The van der Waals surface area contributed by atoms with Gasteiger partial charge in [0.15, 0.2) is 0 Å². The lowest BCUT2D eigenvalue weighted by atomic mass is 10.1. The second-order valence-electron chi connectivity index (χ2n) is 5.37. The summed E-state index contributed by atoms with van der Waals surface area (Å²) < 4.78 is 20.7. The molecule has 0 fully saturated rings. The highest BCUT2D eigenvalue weighted by Crippen LogP contribution is 1.98. The van der Waals surface area contributed by atoms with E-state index in [4.69, 9.17) is 29.8 Å². The van der Waals surface area contributed by atoms with E-state index in [1.54, 1.807) is 7.11 Å². The number of hydrogen-bond acceptors (Lipinski definition) is 7. The maximum Gasteiger partial charge on any atom is 0.320 e. The highest BCUT2D eigenvalue weighted by atomic mass is 35.5. The summed E-state index contributed by atoms with van der Waals surface area (Å²) >= 11 is 0. The number of carboxylic acid groups (broad SMARTS) is 1. The molecule has 1 amide bonds. The average molecular weight is 401 g/mol. The molecule has 0 rings (SSSR count). The van der Waals surface area contributed by atoms with Crippen molar-refractivity contribution in [2.75, 3.05) is 59.9 Å². The number of aliphatic carboxylic acids is 1. The number of nitrogens with two attached hydrogens (primary N) is 1. The number of hydrogen-bond donors (Lipinski definition) is 3. The van der Waals surface area contributed by atoms with Crippen LogP contribution in [0.5, 0.6) is 0 Å². The first-order valence-corrected chi connectivity index (χ1v) is 8.55. The van der Waals surface area contributed by atoms with Gasteiger partial charge in [0.2, 0.25) is 5.91 Å². The zero-order chi connectivity index (χ0) is 18.8. The van der Waals surface area contributed by atoms with Crippen LogP contribution in [-0.2, 0) is 28.5 Å². The van der Waals surface area contributed by atoms with Gasteiger partial charge in [-0.15, -0.1) is 12.4 Å². The molecule has 0 bridgehead atoms. The van der Waals surface area contributed by atoms with Crippen LogP contribution in [-0.4, -0.2) is 82.9 Å². The summed E-state index contributed by atoms with van der Waals surface area (Å²) in [5.74, 6) is -1.08. The Morgan fingerprint density at radius 2 is 1.50 bits per heavy atom. The molecule has 0 saturated carbocycles. The van der Waals surface area contributed by atoms with Crippen molar-refractivity contribution in [3.05, 3.63) is 0 Å². The first-order valence-electron chi connectivity index (χ1n) is 8.55. The molecule has 0 spiro atoms. The van der Waals surface area contributed by atoms with Gasteiger partial charge in [-0.05, 0) is 19.3 Å². The lowest BCUT2D eigenvalue weighted by Gasteiger charge is -2.08. The monoisotopic (exact) mass is 400 g/mol. The Balaban J connectivity index is 0. The van der Waals surface area contributed by atoms with Gasteiger partial charge < -0.3 is 35.1 Å². The molecule has 0 radical (unpaired) electrons. The highest BCUT2D eigenvalue weighted by Gasteiger charge is 2.10. The van der Waals surface area contributed by atoms with Crippen molar-refractivity contribution < 1.29 is 33.6 Å². The van der Waals surface area contributed by atoms with Crippen molar-refractivity contribution in [1.82, 2.24) is 5.32 Å². The number of carbonyl (C=O) groups excluding carboxylic acids is 1. The summed E-state index contributed by atoms with van der Waals surface area (Å²) in [5.41, 5.74) is 5.38. The first kappa shape index (κ1) is 27.3. The molecule has 0 aliphatic heterocycles. The van der Waals surface area contributed by atoms with Crippen LogP contribution in [0.4, 0.5) is 0 Å². The molecule has 1 atom stereocenters. The summed E-state index contributed by atoms with van der Waals surface area (Å²) in [7, 11) is 1.62. The van der Waals surface area contributed by atoms with Gasteiger partial charge in [-0.25, -0.2) is 0 Å². The number of amides is 1. The Bertz CT molecular complexity index is 349. The van der Waals surface area contributed by atoms with E-state index < -0.39 is 12.0 Å². The number of methoxy groups -OCH3 is 1. The fourth-order valence-corrected chi connectivity index (χ4v) is 1.78. The summed E-state index contributed by atoms with van der Waals surface area (Å²) in [5, 5.41) is 11.4. The van der Waals surface area contributed by atoms with Gasteiger partial charge in [0, 0.05) is 20.1 Å². The molecule has 0 saturated heterocycles. The van der Waals surface area contributed by atoms with Crippen LogP contribution in [0.25, 0.3) is 0 Å². The van der Waals surface area contributed by atoms with Crippen LogP contribution in [0.3, 0.4) is 0 Å². The van der Waals surface area contributed by atoms with Crippen LogP contribution in [0.2, 0.25) is 0 Å². The minimum Gasteiger partial charge on any atom is -0.480 e. The Kier molecular flexibility index (Phi) is 21.3. The average Bonchev–Trinajstić information content (AvgIpc) is 2.59. The summed E-state index contributed by atoms with van der Waals surface area (Å²) in [6.07, 6.45) is 2.06. The second kappa shape index (κ2) is 20.3. The quantitative estimate of drug-likeness (QED) is 0.278. The molecule has 4 N–H and O–H groups in total. The van der Waals surface area contributed by atoms with E-state index in [9.17, 15) is 9.59 Å². The largest absolute Gasteiger partial charge is 0.480 e. The van der Waals surface area contributed by atoms with Gasteiger partial charge in [-0.2, -0.15) is 0 Å². The zero-order valence-electron chi connectivity index (χ0n) is 15.4. The number of nitrogens with one attached hydrogen (secondary N) is 1. The number of halogens is 1. The molecule has 0 aliphatic rings. The molecular formula is C16H33ClN2O7. The standard InChI is InChI=1S/C16H32N2O7.ClH/c1-22-8-9-24-12-13-25-11-10-23-7-5-15(19)18-6-3-2-4-14(17)16(20)21;/h14H,2-13,17H2,1H3,(H,18,19)(H,20,21);1H. The fraction of sp³-hybridized carbons (Fsp3) is 0.875. The molecule has 156 valence electrons. The maximum atomic E-state index is 11.5. The van der Waals surface area contributed by atoms with E-state index in [-0.39, 0.29) is 24.7 Å². The van der Waals surface area contributed by atoms with Gasteiger partial charge in [-0.3, -0.25) is 9.59 Å². The molecule has 0 aromatic carbocycles.